The Morgan fingerprint density at radius 2 is 2.12 bits per heavy atom. The zero-order valence-corrected chi connectivity index (χ0v) is 8.86. The molecule has 0 atom stereocenters. The van der Waals surface area contributed by atoms with Crippen LogP contribution in [0.5, 0.6) is 17.2 Å². The monoisotopic (exact) mass is 224 g/mol. The highest BCUT2D eigenvalue weighted by Gasteiger charge is 2.19. The lowest BCUT2D eigenvalue weighted by atomic mass is 10.2. The molecule has 0 aromatic heterocycles. The predicted molar refractivity (Wildman–Crippen MR) is 55.6 cm³/mol. The van der Waals surface area contributed by atoms with E-state index in [0.717, 1.165) is 6.42 Å². The lowest BCUT2D eigenvalue weighted by Crippen LogP contribution is -2.01. The summed E-state index contributed by atoms with van der Waals surface area (Å²) in [5, 5.41) is 8.92. The van der Waals surface area contributed by atoms with Gasteiger partial charge in [0.2, 0.25) is 5.75 Å². The van der Waals surface area contributed by atoms with E-state index in [2.05, 4.69) is 0 Å². The number of carboxylic acid groups (broad SMARTS) is 1. The molecule has 0 saturated heterocycles. The van der Waals surface area contributed by atoms with Gasteiger partial charge in [-0.25, -0.2) is 4.79 Å². The Balaban J connectivity index is 2.50. The maximum Gasteiger partial charge on any atom is 0.335 e. The first-order valence-corrected chi connectivity index (χ1v) is 4.93. The number of fused-ring (bicyclic) bond motifs is 1. The molecular weight excluding hydrogens is 212 g/mol. The van der Waals surface area contributed by atoms with Crippen LogP contribution < -0.4 is 14.2 Å². The third kappa shape index (κ3) is 1.88. The molecule has 0 unspecified atom stereocenters. The average molecular weight is 224 g/mol. The number of aromatic carboxylic acids is 1. The number of ether oxygens (including phenoxy) is 3. The second kappa shape index (κ2) is 4.30. The van der Waals surface area contributed by atoms with E-state index in [1.807, 2.05) is 0 Å². The van der Waals surface area contributed by atoms with E-state index in [9.17, 15) is 4.79 Å². The number of hydrogen-bond donors (Lipinski definition) is 1. The lowest BCUT2D eigenvalue weighted by Gasteiger charge is -2.12. The third-order valence-corrected chi connectivity index (χ3v) is 2.28. The molecule has 0 spiro atoms. The quantitative estimate of drug-likeness (QED) is 0.825. The zero-order valence-electron chi connectivity index (χ0n) is 8.86. The third-order valence-electron chi connectivity index (χ3n) is 2.28. The summed E-state index contributed by atoms with van der Waals surface area (Å²) in [4.78, 5) is 10.9. The van der Waals surface area contributed by atoms with Gasteiger partial charge in [0.05, 0.1) is 25.9 Å². The van der Waals surface area contributed by atoms with Gasteiger partial charge in [-0.15, -0.1) is 0 Å². The van der Waals surface area contributed by atoms with E-state index in [1.165, 1.54) is 19.2 Å². The molecule has 5 nitrogen and oxygen atoms in total. The summed E-state index contributed by atoms with van der Waals surface area (Å²) in [6, 6.07) is 2.88. The molecule has 1 aliphatic heterocycles. The van der Waals surface area contributed by atoms with Crippen LogP contribution in [0, 0.1) is 0 Å². The minimum Gasteiger partial charge on any atom is -0.493 e. The van der Waals surface area contributed by atoms with Crippen LogP contribution in [0.25, 0.3) is 0 Å². The highest BCUT2D eigenvalue weighted by atomic mass is 16.5. The number of carbonyl (C=O) groups is 1. The van der Waals surface area contributed by atoms with E-state index < -0.39 is 5.97 Å². The van der Waals surface area contributed by atoms with Crippen molar-refractivity contribution in [3.05, 3.63) is 17.7 Å². The fourth-order valence-corrected chi connectivity index (χ4v) is 1.52. The summed E-state index contributed by atoms with van der Waals surface area (Å²) in [6.45, 7) is 1.05. The van der Waals surface area contributed by atoms with Gasteiger partial charge in [-0.05, 0) is 12.1 Å². The van der Waals surface area contributed by atoms with Gasteiger partial charge in [-0.1, -0.05) is 0 Å². The molecule has 16 heavy (non-hydrogen) atoms. The summed E-state index contributed by atoms with van der Waals surface area (Å²) in [5.74, 6) is 0.269. The zero-order chi connectivity index (χ0) is 11.5. The first-order chi connectivity index (χ1) is 7.72. The summed E-state index contributed by atoms with van der Waals surface area (Å²) < 4.78 is 16.0. The Morgan fingerprint density at radius 3 is 2.81 bits per heavy atom. The molecule has 0 fully saturated rings. The van der Waals surface area contributed by atoms with Crippen molar-refractivity contribution in [3.63, 3.8) is 0 Å². The van der Waals surface area contributed by atoms with Crippen LogP contribution in [0.3, 0.4) is 0 Å². The summed E-state index contributed by atoms with van der Waals surface area (Å²) in [5.41, 5.74) is 0.126. The Kier molecular flexibility index (Phi) is 2.85. The maximum absolute atomic E-state index is 10.9. The minimum absolute atomic E-state index is 0.126. The summed E-state index contributed by atoms with van der Waals surface area (Å²) >= 11 is 0. The fraction of sp³-hybridized carbons (Fsp3) is 0.364. The molecule has 5 heteroatoms. The molecule has 1 aromatic carbocycles. The van der Waals surface area contributed by atoms with Gasteiger partial charge in [0.25, 0.3) is 0 Å². The molecule has 0 radical (unpaired) electrons. The molecular formula is C11H12O5. The van der Waals surface area contributed by atoms with Crippen molar-refractivity contribution in [2.45, 2.75) is 6.42 Å². The van der Waals surface area contributed by atoms with Gasteiger partial charge in [-0.2, -0.15) is 0 Å². The van der Waals surface area contributed by atoms with E-state index in [0.29, 0.717) is 30.5 Å². The predicted octanol–water partition coefficient (Wildman–Crippen LogP) is 1.55. The van der Waals surface area contributed by atoms with E-state index in [1.54, 1.807) is 0 Å². The molecule has 86 valence electrons. The van der Waals surface area contributed by atoms with E-state index in [-0.39, 0.29) is 5.56 Å². The Labute approximate surface area is 92.5 Å². The van der Waals surface area contributed by atoms with Crippen molar-refractivity contribution in [2.75, 3.05) is 20.3 Å². The molecule has 0 saturated carbocycles. The molecule has 2 rings (SSSR count). The van der Waals surface area contributed by atoms with Crippen molar-refractivity contribution in [2.24, 2.45) is 0 Å². The molecule has 1 N–H and O–H groups in total. The Hall–Kier alpha value is -1.91. The van der Waals surface area contributed by atoms with Crippen molar-refractivity contribution in [1.82, 2.24) is 0 Å². The van der Waals surface area contributed by atoms with Crippen LogP contribution in [-0.4, -0.2) is 31.4 Å². The average Bonchev–Trinajstić information content (AvgIpc) is 2.52. The van der Waals surface area contributed by atoms with Crippen LogP contribution in [0.2, 0.25) is 0 Å². The molecule has 0 amide bonds. The highest BCUT2D eigenvalue weighted by molar-refractivity contribution is 5.89. The topological polar surface area (TPSA) is 65.0 Å². The standard InChI is InChI=1S/C11H12O5/c1-14-8-5-7(11(12)13)6-9-10(8)16-4-2-3-15-9/h5-6H,2-4H2,1H3,(H,12,13). The molecule has 1 heterocycles. The fourth-order valence-electron chi connectivity index (χ4n) is 1.52. The molecule has 1 aromatic rings. The number of rotatable bonds is 2. The smallest absolute Gasteiger partial charge is 0.335 e. The van der Waals surface area contributed by atoms with E-state index >= 15 is 0 Å². The lowest BCUT2D eigenvalue weighted by molar-refractivity contribution is 0.0696. The molecule has 1 aliphatic rings. The van der Waals surface area contributed by atoms with Crippen LogP contribution >= 0.6 is 0 Å². The maximum atomic E-state index is 10.9. The second-order valence-electron chi connectivity index (χ2n) is 3.36. The number of benzene rings is 1. The van der Waals surface area contributed by atoms with Crippen LogP contribution in [0.4, 0.5) is 0 Å². The second-order valence-corrected chi connectivity index (χ2v) is 3.36. The van der Waals surface area contributed by atoms with Crippen molar-refractivity contribution in [3.8, 4) is 17.2 Å². The van der Waals surface area contributed by atoms with Crippen molar-refractivity contribution < 1.29 is 24.1 Å². The first-order valence-electron chi connectivity index (χ1n) is 4.93. The van der Waals surface area contributed by atoms with E-state index in [4.69, 9.17) is 19.3 Å². The normalized spacial score (nSPS) is 14.1. The minimum atomic E-state index is -1.02. The highest BCUT2D eigenvalue weighted by Crippen LogP contribution is 2.39. The summed E-state index contributed by atoms with van der Waals surface area (Å²) in [6.07, 6.45) is 0.764. The van der Waals surface area contributed by atoms with Gasteiger partial charge < -0.3 is 19.3 Å². The van der Waals surface area contributed by atoms with Crippen LogP contribution in [0.15, 0.2) is 12.1 Å². The van der Waals surface area contributed by atoms with Crippen LogP contribution in [-0.2, 0) is 0 Å². The molecule has 0 bridgehead atoms. The number of methoxy groups -OCH3 is 1. The van der Waals surface area contributed by atoms with Gasteiger partial charge in [-0.3, -0.25) is 0 Å². The molecule has 0 aliphatic carbocycles. The largest absolute Gasteiger partial charge is 0.493 e. The number of carboxylic acids is 1. The van der Waals surface area contributed by atoms with Crippen LogP contribution in [0.1, 0.15) is 16.8 Å². The van der Waals surface area contributed by atoms with Crippen molar-refractivity contribution >= 4 is 5.97 Å². The van der Waals surface area contributed by atoms with Gasteiger partial charge in [0, 0.05) is 6.42 Å². The Morgan fingerprint density at radius 1 is 1.38 bits per heavy atom. The van der Waals surface area contributed by atoms with Gasteiger partial charge >= 0.3 is 5.97 Å². The van der Waals surface area contributed by atoms with Gasteiger partial charge in [0.15, 0.2) is 11.5 Å². The Bertz CT molecular complexity index is 413. The van der Waals surface area contributed by atoms with Gasteiger partial charge in [0.1, 0.15) is 0 Å². The number of hydrogen-bond acceptors (Lipinski definition) is 4. The van der Waals surface area contributed by atoms with Crippen molar-refractivity contribution in [1.29, 1.82) is 0 Å². The first kappa shape index (κ1) is 10.6. The SMILES string of the molecule is COc1cc(C(=O)O)cc2c1OCCCO2. The summed E-state index contributed by atoms with van der Waals surface area (Å²) in [7, 11) is 1.47.